The number of nitrogens with one attached hydrogen (secondary N) is 1. The maximum Gasteiger partial charge on any atom is 0.200 e. The summed E-state index contributed by atoms with van der Waals surface area (Å²) in [5, 5.41) is 0. The number of benzene rings is 1. The Hall–Kier alpha value is -1.25. The lowest BCUT2D eigenvalue weighted by Crippen LogP contribution is -2.33. The summed E-state index contributed by atoms with van der Waals surface area (Å²) in [6, 6.07) is -1.34. The molecule has 0 bridgehead atoms. The lowest BCUT2D eigenvalue weighted by atomic mass is 10.1. The molecule has 0 aliphatic rings. The molecular weight excluding hydrogens is 259 g/mol. The first-order chi connectivity index (χ1) is 8.45. The summed E-state index contributed by atoms with van der Waals surface area (Å²) in [5.74, 6) is -5.06. The van der Waals surface area contributed by atoms with E-state index in [9.17, 15) is 22.0 Å². The van der Waals surface area contributed by atoms with Crippen LogP contribution in [-0.4, -0.2) is 13.2 Å². The smallest absolute Gasteiger partial charge is 0.200 e. The zero-order valence-electron chi connectivity index (χ0n) is 9.37. The Morgan fingerprint density at radius 1 is 1.00 bits per heavy atom. The summed E-state index contributed by atoms with van der Waals surface area (Å²) in [6.45, 7) is 1.48. The van der Waals surface area contributed by atoms with Gasteiger partial charge in [0.25, 0.3) is 0 Å². The molecule has 1 aromatic carbocycles. The van der Waals surface area contributed by atoms with E-state index in [-0.39, 0.29) is 13.2 Å². The van der Waals surface area contributed by atoms with E-state index in [1.807, 2.05) is 5.43 Å². The number of hydrogen-bond donors (Lipinski definition) is 2. The van der Waals surface area contributed by atoms with E-state index in [1.165, 1.54) is 0 Å². The average Bonchev–Trinajstić information content (AvgIpc) is 2.38. The standard InChI is InChI=1S/C10H11F5N2O/c1-2-18-3-4(17-16)5-6(11)8(13)10(15)9(14)7(5)12/h4,17H,2-3,16H2,1H3. The van der Waals surface area contributed by atoms with E-state index in [1.54, 1.807) is 6.92 Å². The lowest BCUT2D eigenvalue weighted by Gasteiger charge is -2.18. The molecule has 0 amide bonds. The second kappa shape index (κ2) is 6.07. The first-order valence-electron chi connectivity index (χ1n) is 5.00. The molecule has 0 spiro atoms. The van der Waals surface area contributed by atoms with Gasteiger partial charge in [0.1, 0.15) is 0 Å². The highest BCUT2D eigenvalue weighted by atomic mass is 19.2. The topological polar surface area (TPSA) is 47.3 Å². The summed E-state index contributed by atoms with van der Waals surface area (Å²) in [4.78, 5) is 0. The van der Waals surface area contributed by atoms with Crippen molar-refractivity contribution in [3.63, 3.8) is 0 Å². The van der Waals surface area contributed by atoms with E-state index in [4.69, 9.17) is 10.6 Å². The molecule has 18 heavy (non-hydrogen) atoms. The Morgan fingerprint density at radius 2 is 1.44 bits per heavy atom. The summed E-state index contributed by atoms with van der Waals surface area (Å²) in [5.41, 5.74) is 0.908. The third-order valence-electron chi connectivity index (χ3n) is 2.28. The van der Waals surface area contributed by atoms with Crippen molar-refractivity contribution >= 4 is 0 Å². The Morgan fingerprint density at radius 3 is 1.83 bits per heavy atom. The fourth-order valence-corrected chi connectivity index (χ4v) is 1.38. The fourth-order valence-electron chi connectivity index (χ4n) is 1.38. The molecule has 1 aromatic rings. The Bertz CT molecular complexity index is 412. The molecule has 3 N–H and O–H groups in total. The van der Waals surface area contributed by atoms with Crippen molar-refractivity contribution in [2.75, 3.05) is 13.2 Å². The molecule has 102 valence electrons. The van der Waals surface area contributed by atoms with Crippen LogP contribution >= 0.6 is 0 Å². The quantitative estimate of drug-likeness (QED) is 0.282. The van der Waals surface area contributed by atoms with Crippen LogP contribution in [0.4, 0.5) is 22.0 Å². The Balaban J connectivity index is 3.30. The van der Waals surface area contributed by atoms with Gasteiger partial charge in [-0.15, -0.1) is 0 Å². The fraction of sp³-hybridized carbons (Fsp3) is 0.400. The maximum atomic E-state index is 13.4. The predicted octanol–water partition coefficient (Wildman–Crippen LogP) is 1.92. The normalized spacial score (nSPS) is 12.8. The molecule has 0 aliphatic carbocycles. The van der Waals surface area contributed by atoms with Gasteiger partial charge in [0.2, 0.25) is 5.82 Å². The van der Waals surface area contributed by atoms with Crippen LogP contribution in [0, 0.1) is 29.1 Å². The Kier molecular flexibility index (Phi) is 5.00. The monoisotopic (exact) mass is 270 g/mol. The average molecular weight is 270 g/mol. The molecule has 8 heteroatoms. The number of ether oxygens (including phenoxy) is 1. The van der Waals surface area contributed by atoms with Crippen LogP contribution in [0.3, 0.4) is 0 Å². The molecule has 0 radical (unpaired) electrons. The molecule has 0 aliphatic heterocycles. The highest BCUT2D eigenvalue weighted by molar-refractivity contribution is 5.27. The van der Waals surface area contributed by atoms with Crippen molar-refractivity contribution in [2.24, 2.45) is 5.84 Å². The first-order valence-corrected chi connectivity index (χ1v) is 5.00. The van der Waals surface area contributed by atoms with Crippen molar-refractivity contribution in [1.82, 2.24) is 5.43 Å². The molecule has 1 rings (SSSR count). The van der Waals surface area contributed by atoms with E-state index >= 15 is 0 Å². The zero-order chi connectivity index (χ0) is 13.9. The largest absolute Gasteiger partial charge is 0.380 e. The van der Waals surface area contributed by atoms with Crippen molar-refractivity contribution in [2.45, 2.75) is 13.0 Å². The molecule has 3 nitrogen and oxygen atoms in total. The SMILES string of the molecule is CCOCC(NN)c1c(F)c(F)c(F)c(F)c1F. The van der Waals surface area contributed by atoms with Gasteiger partial charge in [-0.3, -0.25) is 11.3 Å². The van der Waals surface area contributed by atoms with Crippen LogP contribution in [0.1, 0.15) is 18.5 Å². The third-order valence-corrected chi connectivity index (χ3v) is 2.28. The van der Waals surface area contributed by atoms with E-state index in [2.05, 4.69) is 0 Å². The summed E-state index contributed by atoms with van der Waals surface area (Å²) < 4.78 is 70.3. The molecule has 0 heterocycles. The summed E-state index contributed by atoms with van der Waals surface area (Å²) in [7, 11) is 0. The van der Waals surface area contributed by atoms with E-state index in [0.29, 0.717) is 0 Å². The van der Waals surface area contributed by atoms with Crippen LogP contribution in [0.15, 0.2) is 0 Å². The minimum Gasteiger partial charge on any atom is -0.380 e. The number of hydrogen-bond acceptors (Lipinski definition) is 3. The second-order valence-electron chi connectivity index (χ2n) is 3.36. The van der Waals surface area contributed by atoms with Gasteiger partial charge in [-0.1, -0.05) is 0 Å². The number of rotatable bonds is 5. The van der Waals surface area contributed by atoms with Gasteiger partial charge in [0.05, 0.1) is 18.2 Å². The summed E-state index contributed by atoms with van der Waals surface area (Å²) in [6.07, 6.45) is 0. The van der Waals surface area contributed by atoms with Crippen LogP contribution in [0.2, 0.25) is 0 Å². The van der Waals surface area contributed by atoms with E-state index < -0.39 is 40.7 Å². The van der Waals surface area contributed by atoms with Gasteiger partial charge >= 0.3 is 0 Å². The summed E-state index contributed by atoms with van der Waals surface area (Å²) >= 11 is 0. The lowest BCUT2D eigenvalue weighted by molar-refractivity contribution is 0.120. The van der Waals surface area contributed by atoms with Gasteiger partial charge < -0.3 is 4.74 Å². The van der Waals surface area contributed by atoms with Gasteiger partial charge in [-0.25, -0.2) is 22.0 Å². The second-order valence-corrected chi connectivity index (χ2v) is 3.36. The van der Waals surface area contributed by atoms with Crippen molar-refractivity contribution in [3.8, 4) is 0 Å². The van der Waals surface area contributed by atoms with Crippen LogP contribution in [0.5, 0.6) is 0 Å². The molecule has 1 atom stereocenters. The highest BCUT2D eigenvalue weighted by Gasteiger charge is 2.29. The first kappa shape index (κ1) is 14.8. The molecule has 0 fully saturated rings. The maximum absolute atomic E-state index is 13.4. The van der Waals surface area contributed by atoms with Gasteiger partial charge in [-0.2, -0.15) is 0 Å². The minimum absolute atomic E-state index is 0.202. The molecule has 0 saturated heterocycles. The molecule has 0 saturated carbocycles. The number of nitrogens with two attached hydrogens (primary N) is 1. The van der Waals surface area contributed by atoms with Gasteiger partial charge in [-0.05, 0) is 6.92 Å². The third kappa shape index (κ3) is 2.60. The zero-order valence-corrected chi connectivity index (χ0v) is 9.37. The van der Waals surface area contributed by atoms with Crippen molar-refractivity contribution in [1.29, 1.82) is 0 Å². The van der Waals surface area contributed by atoms with Crippen molar-refractivity contribution in [3.05, 3.63) is 34.6 Å². The van der Waals surface area contributed by atoms with Crippen LogP contribution < -0.4 is 11.3 Å². The highest BCUT2D eigenvalue weighted by Crippen LogP contribution is 2.27. The molecule has 0 aromatic heterocycles. The van der Waals surface area contributed by atoms with Gasteiger partial charge in [0, 0.05) is 6.61 Å². The number of hydrazine groups is 1. The van der Waals surface area contributed by atoms with E-state index in [0.717, 1.165) is 0 Å². The predicted molar refractivity (Wildman–Crippen MR) is 52.8 cm³/mol. The minimum atomic E-state index is -2.21. The van der Waals surface area contributed by atoms with Crippen molar-refractivity contribution < 1.29 is 26.7 Å². The van der Waals surface area contributed by atoms with Crippen LogP contribution in [0.25, 0.3) is 0 Å². The number of halogens is 5. The Labute approximate surface area is 99.7 Å². The molecular formula is C10H11F5N2O. The van der Waals surface area contributed by atoms with Crippen LogP contribution in [-0.2, 0) is 4.74 Å². The molecule has 1 unspecified atom stereocenters. The van der Waals surface area contributed by atoms with Gasteiger partial charge in [0.15, 0.2) is 23.3 Å².